The van der Waals surface area contributed by atoms with Crippen LogP contribution in [0.25, 0.3) is 22.3 Å². The number of hydrogen-bond donors (Lipinski definition) is 0. The largest absolute Gasteiger partial charge is 0.372 e. The van der Waals surface area contributed by atoms with E-state index in [4.69, 9.17) is 0 Å². The number of hydrogen-bond acceptors (Lipinski definition) is 2. The molecule has 0 spiro atoms. The summed E-state index contributed by atoms with van der Waals surface area (Å²) in [6.07, 6.45) is 4.72. The minimum atomic E-state index is 1.12. The Hall–Kier alpha value is -2.74. The zero-order valence-corrected chi connectivity index (χ0v) is 20.5. The Balaban J connectivity index is 1.72. The van der Waals surface area contributed by atoms with E-state index in [0.29, 0.717) is 0 Å². The molecular formula is C30H40N2. The Morgan fingerprint density at radius 2 is 0.594 bits per heavy atom. The lowest BCUT2D eigenvalue weighted by Crippen LogP contribution is -2.24. The highest BCUT2D eigenvalue weighted by Crippen LogP contribution is 2.28. The molecule has 0 N–H and O–H groups in total. The topological polar surface area (TPSA) is 6.48 Å². The summed E-state index contributed by atoms with van der Waals surface area (Å²) in [5, 5.41) is 0. The Kier molecular flexibility index (Phi) is 9.22. The molecule has 2 nitrogen and oxygen atoms in total. The van der Waals surface area contributed by atoms with Gasteiger partial charge in [0, 0.05) is 37.6 Å². The van der Waals surface area contributed by atoms with E-state index < -0.39 is 0 Å². The van der Waals surface area contributed by atoms with Crippen molar-refractivity contribution in [2.45, 2.75) is 53.4 Å². The van der Waals surface area contributed by atoms with Crippen molar-refractivity contribution < 1.29 is 0 Å². The van der Waals surface area contributed by atoms with E-state index >= 15 is 0 Å². The lowest BCUT2D eigenvalue weighted by Gasteiger charge is -2.24. The molecule has 170 valence electrons. The standard InChI is InChI=1S/C30H40N2/c1-5-21-31(22-6-2)29-17-13-27(14-18-29)25-9-11-26(12-10-25)28-15-19-30(20-16-28)32(23-7-3)24-8-4/h9-20H,5-8,21-24H2,1-4H3. The third kappa shape index (κ3) is 6.16. The van der Waals surface area contributed by atoms with Gasteiger partial charge >= 0.3 is 0 Å². The van der Waals surface area contributed by atoms with Crippen LogP contribution in [0, 0.1) is 0 Å². The molecule has 0 unspecified atom stereocenters. The summed E-state index contributed by atoms with van der Waals surface area (Å²) >= 11 is 0. The van der Waals surface area contributed by atoms with Gasteiger partial charge in [-0.05, 0) is 72.2 Å². The predicted molar refractivity (Wildman–Crippen MR) is 143 cm³/mol. The van der Waals surface area contributed by atoms with Crippen molar-refractivity contribution in [2.75, 3.05) is 36.0 Å². The van der Waals surface area contributed by atoms with Crippen molar-refractivity contribution in [1.29, 1.82) is 0 Å². The van der Waals surface area contributed by atoms with Crippen LogP contribution in [0.2, 0.25) is 0 Å². The van der Waals surface area contributed by atoms with Crippen molar-refractivity contribution in [3.05, 3.63) is 72.8 Å². The number of rotatable bonds is 12. The average molecular weight is 429 g/mol. The zero-order chi connectivity index (χ0) is 22.8. The number of nitrogens with zero attached hydrogens (tertiary/aromatic N) is 2. The molecule has 0 atom stereocenters. The molecule has 0 aromatic heterocycles. The smallest absolute Gasteiger partial charge is 0.0366 e. The van der Waals surface area contributed by atoms with Crippen molar-refractivity contribution in [3.8, 4) is 22.3 Å². The van der Waals surface area contributed by atoms with Crippen molar-refractivity contribution >= 4 is 11.4 Å². The van der Waals surface area contributed by atoms with Gasteiger partial charge in [-0.1, -0.05) is 76.2 Å². The summed E-state index contributed by atoms with van der Waals surface area (Å²) in [5.74, 6) is 0. The Morgan fingerprint density at radius 1 is 0.375 bits per heavy atom. The first-order chi connectivity index (χ1) is 15.7. The first-order valence-corrected chi connectivity index (χ1v) is 12.5. The molecule has 0 bridgehead atoms. The van der Waals surface area contributed by atoms with Gasteiger partial charge in [0.15, 0.2) is 0 Å². The zero-order valence-electron chi connectivity index (χ0n) is 20.5. The molecule has 3 aromatic rings. The summed E-state index contributed by atoms with van der Waals surface area (Å²) in [4.78, 5) is 4.97. The summed E-state index contributed by atoms with van der Waals surface area (Å²) in [6.45, 7) is 13.5. The molecule has 0 saturated heterocycles. The number of benzene rings is 3. The maximum absolute atomic E-state index is 2.48. The molecular weight excluding hydrogens is 388 g/mol. The van der Waals surface area contributed by atoms with Gasteiger partial charge in [0.25, 0.3) is 0 Å². The normalized spacial score (nSPS) is 10.9. The summed E-state index contributed by atoms with van der Waals surface area (Å²) in [6, 6.07) is 27.1. The van der Waals surface area contributed by atoms with Crippen LogP contribution in [0.3, 0.4) is 0 Å². The Bertz CT molecular complexity index is 820. The van der Waals surface area contributed by atoms with Crippen LogP contribution >= 0.6 is 0 Å². The van der Waals surface area contributed by atoms with Gasteiger partial charge in [0.2, 0.25) is 0 Å². The van der Waals surface area contributed by atoms with Crippen molar-refractivity contribution in [2.24, 2.45) is 0 Å². The SMILES string of the molecule is CCCN(CCC)c1ccc(-c2ccc(-c3ccc(N(CCC)CCC)cc3)cc2)cc1. The molecule has 0 saturated carbocycles. The van der Waals surface area contributed by atoms with E-state index in [0.717, 1.165) is 26.2 Å². The fraction of sp³-hybridized carbons (Fsp3) is 0.400. The summed E-state index contributed by atoms with van der Waals surface area (Å²) < 4.78 is 0. The van der Waals surface area contributed by atoms with Crippen LogP contribution in [0.4, 0.5) is 11.4 Å². The molecule has 0 aliphatic heterocycles. The average Bonchev–Trinajstić information content (AvgIpc) is 2.84. The van der Waals surface area contributed by atoms with Gasteiger partial charge in [-0.25, -0.2) is 0 Å². The van der Waals surface area contributed by atoms with E-state index in [1.165, 1.54) is 59.3 Å². The highest BCUT2D eigenvalue weighted by molar-refractivity contribution is 5.72. The maximum Gasteiger partial charge on any atom is 0.0366 e. The van der Waals surface area contributed by atoms with E-state index in [2.05, 4.69) is 110 Å². The fourth-order valence-corrected chi connectivity index (χ4v) is 4.40. The monoisotopic (exact) mass is 428 g/mol. The minimum Gasteiger partial charge on any atom is -0.372 e. The maximum atomic E-state index is 2.48. The Morgan fingerprint density at radius 3 is 0.812 bits per heavy atom. The predicted octanol–water partition coefficient (Wildman–Crippen LogP) is 8.27. The van der Waals surface area contributed by atoms with Crippen LogP contribution in [0.15, 0.2) is 72.8 Å². The van der Waals surface area contributed by atoms with Crippen LogP contribution < -0.4 is 9.80 Å². The molecule has 3 aromatic carbocycles. The summed E-state index contributed by atoms with van der Waals surface area (Å²) in [5.41, 5.74) is 7.75. The molecule has 2 heteroatoms. The molecule has 0 radical (unpaired) electrons. The lowest BCUT2D eigenvalue weighted by atomic mass is 10.00. The second-order valence-electron chi connectivity index (χ2n) is 8.65. The quantitative estimate of drug-likeness (QED) is 0.286. The minimum absolute atomic E-state index is 1.12. The summed E-state index contributed by atoms with van der Waals surface area (Å²) in [7, 11) is 0. The lowest BCUT2D eigenvalue weighted by molar-refractivity contribution is 0.745. The second-order valence-corrected chi connectivity index (χ2v) is 8.65. The molecule has 32 heavy (non-hydrogen) atoms. The van der Waals surface area contributed by atoms with E-state index in [1.54, 1.807) is 0 Å². The van der Waals surface area contributed by atoms with Crippen molar-refractivity contribution in [1.82, 2.24) is 0 Å². The first kappa shape index (κ1) is 23.9. The molecule has 0 amide bonds. The van der Waals surface area contributed by atoms with Gasteiger partial charge in [-0.2, -0.15) is 0 Å². The van der Waals surface area contributed by atoms with Crippen LogP contribution in [0.1, 0.15) is 53.4 Å². The second kappa shape index (κ2) is 12.3. The van der Waals surface area contributed by atoms with Crippen LogP contribution in [-0.4, -0.2) is 26.2 Å². The third-order valence-corrected chi connectivity index (χ3v) is 5.99. The Labute approximate surface area is 195 Å². The van der Waals surface area contributed by atoms with Gasteiger partial charge in [0.1, 0.15) is 0 Å². The van der Waals surface area contributed by atoms with Gasteiger partial charge in [-0.15, -0.1) is 0 Å². The van der Waals surface area contributed by atoms with Crippen LogP contribution in [-0.2, 0) is 0 Å². The molecule has 0 aliphatic carbocycles. The highest BCUT2D eigenvalue weighted by Gasteiger charge is 2.07. The van der Waals surface area contributed by atoms with E-state index in [1.807, 2.05) is 0 Å². The molecule has 0 aliphatic rings. The van der Waals surface area contributed by atoms with Crippen LogP contribution in [0.5, 0.6) is 0 Å². The van der Waals surface area contributed by atoms with Gasteiger partial charge in [0.05, 0.1) is 0 Å². The number of anilines is 2. The van der Waals surface area contributed by atoms with Gasteiger partial charge in [-0.3, -0.25) is 0 Å². The van der Waals surface area contributed by atoms with Crippen molar-refractivity contribution in [3.63, 3.8) is 0 Å². The van der Waals surface area contributed by atoms with E-state index in [-0.39, 0.29) is 0 Å². The fourth-order valence-electron chi connectivity index (χ4n) is 4.40. The molecule has 0 heterocycles. The highest BCUT2D eigenvalue weighted by atomic mass is 15.1. The van der Waals surface area contributed by atoms with E-state index in [9.17, 15) is 0 Å². The third-order valence-electron chi connectivity index (χ3n) is 5.99. The van der Waals surface area contributed by atoms with Gasteiger partial charge < -0.3 is 9.80 Å². The molecule has 3 rings (SSSR count). The first-order valence-electron chi connectivity index (χ1n) is 12.5. The molecule has 0 fully saturated rings.